The zero-order valence-electron chi connectivity index (χ0n) is 10.1. The van der Waals surface area contributed by atoms with Crippen LogP contribution in [0.25, 0.3) is 0 Å². The molecule has 0 radical (unpaired) electrons. The largest absolute Gasteiger partial charge is 0.494 e. The lowest BCUT2D eigenvalue weighted by Crippen LogP contribution is -2.22. The first-order chi connectivity index (χ1) is 9.54. The lowest BCUT2D eigenvalue weighted by atomic mass is 10.1. The summed E-state index contributed by atoms with van der Waals surface area (Å²) in [5.41, 5.74) is 1.68. The molecule has 8 heteroatoms. The summed E-state index contributed by atoms with van der Waals surface area (Å²) in [6.45, 7) is 0.391. The van der Waals surface area contributed by atoms with Gasteiger partial charge in [0.25, 0.3) is 5.69 Å². The number of non-ortho nitro benzene ring substituents is 1. The van der Waals surface area contributed by atoms with Crippen LogP contribution in [0.1, 0.15) is 5.56 Å². The van der Waals surface area contributed by atoms with Crippen LogP contribution in [0.3, 0.4) is 0 Å². The van der Waals surface area contributed by atoms with E-state index in [1.165, 1.54) is 24.5 Å². The minimum Gasteiger partial charge on any atom is -0.494 e. The Hall–Kier alpha value is -3.03. The van der Waals surface area contributed by atoms with Gasteiger partial charge in [0.05, 0.1) is 23.5 Å². The Morgan fingerprint density at radius 2 is 2.15 bits per heavy atom. The molecule has 1 aromatic heterocycles. The minimum absolute atomic E-state index is 0.0171. The number of aromatic nitrogens is 1. The average Bonchev–Trinajstić information content (AvgIpc) is 2.76. The summed E-state index contributed by atoms with van der Waals surface area (Å²) < 4.78 is 0. The van der Waals surface area contributed by atoms with E-state index >= 15 is 0 Å². The van der Waals surface area contributed by atoms with E-state index in [1.54, 1.807) is 11.0 Å². The number of rotatable bonds is 2. The second-order valence-corrected chi connectivity index (χ2v) is 4.33. The van der Waals surface area contributed by atoms with Crippen LogP contribution in [0.15, 0.2) is 29.3 Å². The topological polar surface area (TPSA) is 115 Å². The van der Waals surface area contributed by atoms with Crippen LogP contribution in [-0.2, 0) is 6.54 Å². The number of nitro benzene ring substituents is 1. The summed E-state index contributed by atoms with van der Waals surface area (Å²) in [5, 5.41) is 29.6. The molecule has 0 unspecified atom stereocenters. The van der Waals surface area contributed by atoms with E-state index in [1.807, 2.05) is 0 Å². The fourth-order valence-corrected chi connectivity index (χ4v) is 2.06. The van der Waals surface area contributed by atoms with E-state index < -0.39 is 4.92 Å². The molecule has 0 spiro atoms. The van der Waals surface area contributed by atoms with Gasteiger partial charge >= 0.3 is 0 Å². The van der Waals surface area contributed by atoms with E-state index in [-0.39, 0.29) is 17.4 Å². The van der Waals surface area contributed by atoms with Crippen molar-refractivity contribution in [1.82, 2.24) is 4.98 Å². The zero-order chi connectivity index (χ0) is 14.3. The molecule has 3 N–H and O–H groups in total. The number of hydrogen-bond acceptors (Lipinski definition) is 6. The normalized spacial score (nSPS) is 13.3. The fraction of sp³-hybridized carbons (Fsp3) is 0.0833. The molecule has 0 saturated carbocycles. The number of aliphatic imine (C=N–C) groups is 1. The molecule has 0 fully saturated rings. The Labute approximate surface area is 112 Å². The monoisotopic (exact) mass is 274 g/mol. The Morgan fingerprint density at radius 1 is 1.35 bits per heavy atom. The van der Waals surface area contributed by atoms with Crippen molar-refractivity contribution in [2.24, 2.45) is 4.99 Å². The third-order valence-electron chi connectivity index (χ3n) is 3.03. The van der Waals surface area contributed by atoms with Gasteiger partial charge in [-0.1, -0.05) is 0 Å². The number of H-pyrrole nitrogens is 1. The maximum Gasteiger partial charge on any atom is 0.271 e. The van der Waals surface area contributed by atoms with Crippen molar-refractivity contribution in [3.8, 4) is 11.8 Å². The number of aromatic hydroxyl groups is 2. The van der Waals surface area contributed by atoms with Crippen molar-refractivity contribution in [3.05, 3.63) is 39.9 Å². The molecule has 3 rings (SSSR count). The smallest absolute Gasteiger partial charge is 0.271 e. The standard InChI is InChI=1S/C12H10N4O4/c17-11-4-10(12(18)14-11)15-5-7-1-2-8(16(19)20)3-9(7)13-6-15/h1-4,6,14,17-18H,5H2. The fourth-order valence-electron chi connectivity index (χ4n) is 2.06. The van der Waals surface area contributed by atoms with E-state index in [0.29, 0.717) is 17.9 Å². The molecular formula is C12H10N4O4. The molecule has 2 aromatic rings. The number of nitrogens with zero attached hydrogens (tertiary/aromatic N) is 3. The van der Waals surface area contributed by atoms with Gasteiger partial charge < -0.3 is 15.1 Å². The molecule has 0 amide bonds. The van der Waals surface area contributed by atoms with Gasteiger partial charge in [0.2, 0.25) is 5.88 Å². The van der Waals surface area contributed by atoms with Crippen LogP contribution >= 0.6 is 0 Å². The number of hydrogen-bond donors (Lipinski definition) is 3. The summed E-state index contributed by atoms with van der Waals surface area (Å²) >= 11 is 0. The number of aromatic amines is 1. The number of benzene rings is 1. The van der Waals surface area contributed by atoms with Crippen molar-refractivity contribution in [1.29, 1.82) is 0 Å². The highest BCUT2D eigenvalue weighted by Crippen LogP contribution is 2.35. The van der Waals surface area contributed by atoms with E-state index in [9.17, 15) is 20.3 Å². The van der Waals surface area contributed by atoms with Crippen molar-refractivity contribution in [2.45, 2.75) is 6.54 Å². The molecule has 1 aliphatic rings. The van der Waals surface area contributed by atoms with Crippen LogP contribution < -0.4 is 4.90 Å². The molecular weight excluding hydrogens is 264 g/mol. The third kappa shape index (κ3) is 1.92. The quantitative estimate of drug-likeness (QED) is 0.572. The summed E-state index contributed by atoms with van der Waals surface area (Å²) in [7, 11) is 0. The lowest BCUT2D eigenvalue weighted by molar-refractivity contribution is -0.384. The van der Waals surface area contributed by atoms with Crippen molar-refractivity contribution in [2.75, 3.05) is 4.90 Å². The van der Waals surface area contributed by atoms with Gasteiger partial charge in [0, 0.05) is 18.2 Å². The summed E-state index contributed by atoms with van der Waals surface area (Å²) in [6.07, 6.45) is 1.45. The molecule has 0 atom stereocenters. The number of nitro groups is 1. The van der Waals surface area contributed by atoms with Gasteiger partial charge in [0.15, 0.2) is 5.88 Å². The van der Waals surface area contributed by atoms with Crippen molar-refractivity contribution >= 4 is 23.4 Å². The second kappa shape index (κ2) is 4.26. The third-order valence-corrected chi connectivity index (χ3v) is 3.03. The number of fused-ring (bicyclic) bond motifs is 1. The minimum atomic E-state index is -0.474. The average molecular weight is 274 g/mol. The van der Waals surface area contributed by atoms with Crippen LogP contribution in [0, 0.1) is 10.1 Å². The molecule has 102 valence electrons. The van der Waals surface area contributed by atoms with Crippen LogP contribution in [0.5, 0.6) is 11.8 Å². The Kier molecular flexibility index (Phi) is 2.56. The molecule has 2 heterocycles. The first-order valence-corrected chi connectivity index (χ1v) is 5.73. The zero-order valence-corrected chi connectivity index (χ0v) is 10.1. The number of nitrogens with one attached hydrogen (secondary N) is 1. The van der Waals surface area contributed by atoms with Crippen molar-refractivity contribution < 1.29 is 15.1 Å². The first-order valence-electron chi connectivity index (χ1n) is 5.73. The second-order valence-electron chi connectivity index (χ2n) is 4.33. The molecule has 0 saturated heterocycles. The maximum atomic E-state index is 10.7. The molecule has 1 aromatic carbocycles. The Morgan fingerprint density at radius 3 is 2.80 bits per heavy atom. The van der Waals surface area contributed by atoms with Gasteiger partial charge in [-0.15, -0.1) is 0 Å². The van der Waals surface area contributed by atoms with Crippen LogP contribution in [0.2, 0.25) is 0 Å². The molecule has 20 heavy (non-hydrogen) atoms. The molecule has 0 aliphatic carbocycles. The van der Waals surface area contributed by atoms with E-state index in [0.717, 1.165) is 5.56 Å². The van der Waals surface area contributed by atoms with Crippen LogP contribution in [-0.4, -0.2) is 26.5 Å². The Bertz CT molecular complexity index is 722. The summed E-state index contributed by atoms with van der Waals surface area (Å²) in [5.74, 6) is -0.320. The van der Waals surface area contributed by atoms with E-state index in [4.69, 9.17) is 0 Å². The predicted molar refractivity (Wildman–Crippen MR) is 71.6 cm³/mol. The molecule has 0 bridgehead atoms. The number of anilines is 1. The van der Waals surface area contributed by atoms with Crippen LogP contribution in [0.4, 0.5) is 17.1 Å². The first kappa shape index (κ1) is 12.0. The van der Waals surface area contributed by atoms with Gasteiger partial charge in [-0.2, -0.15) is 0 Å². The SMILES string of the molecule is O=[N+]([O-])c1ccc2c(c1)N=CN(c1cc(O)[nH]c1O)C2. The highest BCUT2D eigenvalue weighted by molar-refractivity contribution is 5.86. The van der Waals surface area contributed by atoms with Gasteiger partial charge in [-0.3, -0.25) is 15.1 Å². The highest BCUT2D eigenvalue weighted by atomic mass is 16.6. The maximum absolute atomic E-state index is 10.7. The molecule has 8 nitrogen and oxygen atoms in total. The van der Waals surface area contributed by atoms with E-state index in [2.05, 4.69) is 9.98 Å². The van der Waals surface area contributed by atoms with Gasteiger partial charge in [0.1, 0.15) is 5.69 Å². The van der Waals surface area contributed by atoms with Gasteiger partial charge in [-0.05, 0) is 11.6 Å². The Balaban J connectivity index is 1.94. The molecule has 1 aliphatic heterocycles. The highest BCUT2D eigenvalue weighted by Gasteiger charge is 2.20. The predicted octanol–water partition coefficient (Wildman–Crippen LogP) is 2.01. The van der Waals surface area contributed by atoms with Crippen molar-refractivity contribution in [3.63, 3.8) is 0 Å². The lowest BCUT2D eigenvalue weighted by Gasteiger charge is -2.23. The van der Waals surface area contributed by atoms with Gasteiger partial charge in [-0.25, -0.2) is 4.99 Å². The summed E-state index contributed by atoms with van der Waals surface area (Å²) in [6, 6.07) is 5.81. The summed E-state index contributed by atoms with van der Waals surface area (Å²) in [4.78, 5) is 18.4.